The molecule has 339 valence electrons. The Hall–Kier alpha value is -5.30. The van der Waals surface area contributed by atoms with Gasteiger partial charge in [-0.05, 0) is 0 Å². The van der Waals surface area contributed by atoms with E-state index in [1.54, 1.807) is 60.7 Å². The van der Waals surface area contributed by atoms with E-state index in [2.05, 4.69) is 80.6 Å². The summed E-state index contributed by atoms with van der Waals surface area (Å²) in [6, 6.07) is 36.7. The van der Waals surface area contributed by atoms with Crippen LogP contribution >= 0.6 is 0 Å². The van der Waals surface area contributed by atoms with E-state index >= 15 is 17.6 Å². The van der Waals surface area contributed by atoms with Gasteiger partial charge < -0.3 is 0 Å². The minimum absolute atomic E-state index is 0. The smallest absolute Gasteiger partial charge is 0.126 e. The van der Waals surface area contributed by atoms with Gasteiger partial charge in [0.2, 0.25) is 0 Å². The summed E-state index contributed by atoms with van der Waals surface area (Å²) in [5.41, 5.74) is -1.56. The number of benzene rings is 6. The van der Waals surface area contributed by atoms with Crippen LogP contribution < -0.4 is 10.4 Å². The Kier molecular flexibility index (Phi) is 17.5. The summed E-state index contributed by atoms with van der Waals surface area (Å²) in [5, 5.41) is 6.56. The first-order valence-corrected chi connectivity index (χ1v) is 25.8. The molecule has 0 aliphatic heterocycles. The Bertz CT molecular complexity index is 2950. The molecule has 7 aromatic carbocycles. The van der Waals surface area contributed by atoms with Crippen molar-refractivity contribution in [1.82, 2.24) is 0 Å². The fraction of sp³-hybridized carbons (Fsp3) is 0.132. The average Bonchev–Trinajstić information content (AvgIpc) is 3.90. The molecule has 1 radical (unpaired) electrons. The first kappa shape index (κ1) is 52.7. The Labute approximate surface area is 406 Å². The first-order valence-electron chi connectivity index (χ1n) is 20.7. The number of rotatable bonds is 7. The molecule has 7 aromatic rings. The van der Waals surface area contributed by atoms with Crippen molar-refractivity contribution in [3.05, 3.63) is 219 Å². The molecule has 0 fully saturated rings. The van der Waals surface area contributed by atoms with Crippen molar-refractivity contribution in [3.8, 4) is 0 Å². The van der Waals surface area contributed by atoms with Gasteiger partial charge in [-0.2, -0.15) is 6.08 Å². The quantitative estimate of drug-likeness (QED) is 0.0373. The summed E-state index contributed by atoms with van der Waals surface area (Å²) >= 11 is 0. The van der Waals surface area contributed by atoms with Gasteiger partial charge in [-0.3, -0.25) is 6.08 Å². The number of allylic oxidation sites excluding steroid dienone is 8. The fourth-order valence-electron chi connectivity index (χ4n) is 7.65. The number of halogens is 10. The zero-order chi connectivity index (χ0) is 48.2. The van der Waals surface area contributed by atoms with Crippen LogP contribution in [0.2, 0.25) is 19.6 Å². The Morgan fingerprint density at radius 2 is 0.925 bits per heavy atom. The van der Waals surface area contributed by atoms with Crippen molar-refractivity contribution in [2.24, 2.45) is 0 Å². The van der Waals surface area contributed by atoms with Crippen molar-refractivity contribution in [1.29, 1.82) is 0 Å². The Morgan fingerprint density at radius 3 is 1.30 bits per heavy atom. The second kappa shape index (κ2) is 22.2. The third-order valence-electron chi connectivity index (χ3n) is 11.2. The van der Waals surface area contributed by atoms with E-state index < -0.39 is 97.2 Å². The third kappa shape index (κ3) is 10.9. The summed E-state index contributed by atoms with van der Waals surface area (Å²) in [6.07, 6.45) is 6.15. The summed E-state index contributed by atoms with van der Waals surface area (Å²) in [7, 11) is -5.34. The van der Waals surface area contributed by atoms with Gasteiger partial charge in [0, 0.05) is 0 Å². The topological polar surface area (TPSA) is 0 Å². The van der Waals surface area contributed by atoms with Crippen molar-refractivity contribution in [2.75, 3.05) is 0 Å². The normalized spacial score (nSPS) is 13.6. The fourth-order valence-corrected chi connectivity index (χ4v) is 12.0. The predicted molar refractivity (Wildman–Crippen MR) is 254 cm³/mol. The predicted octanol–water partition coefficient (Wildman–Crippen LogP) is 13.9. The van der Waals surface area contributed by atoms with Crippen molar-refractivity contribution in [2.45, 2.75) is 47.3 Å². The largest absolute Gasteiger partial charge is 2.00 e. The zero-order valence-corrected chi connectivity index (χ0v) is 41.9. The van der Waals surface area contributed by atoms with Crippen molar-refractivity contribution in [3.63, 3.8) is 0 Å². The summed E-state index contributed by atoms with van der Waals surface area (Å²) in [5.74, 6) is -22.7. The molecule has 0 spiro atoms. The van der Waals surface area contributed by atoms with Crippen LogP contribution in [0.3, 0.4) is 0 Å². The van der Waals surface area contributed by atoms with Crippen LogP contribution in [0.1, 0.15) is 38.8 Å². The molecule has 0 nitrogen and oxygen atoms in total. The Morgan fingerprint density at radius 1 is 0.552 bits per heavy atom. The molecule has 0 N–H and O–H groups in total. The molecule has 0 saturated heterocycles. The Balaban J connectivity index is 0.000000310. The van der Waals surface area contributed by atoms with E-state index in [-0.39, 0.29) is 36.9 Å². The second-order valence-corrected chi connectivity index (χ2v) is 23.6. The van der Waals surface area contributed by atoms with E-state index in [4.69, 9.17) is 0 Å². The van der Waals surface area contributed by atoms with Crippen LogP contribution in [0.15, 0.2) is 144 Å². The van der Waals surface area contributed by atoms with Crippen LogP contribution in [0, 0.1) is 64.2 Å². The molecule has 0 aromatic heterocycles. The van der Waals surface area contributed by atoms with Gasteiger partial charge in [0.05, 0.1) is 0 Å². The first-order chi connectivity index (χ1) is 31.3. The molecule has 0 amide bonds. The SMILES string of the molecule is C[C-]=C(C)C(C)=CC.C[Si](C)(C)C1=C(c2c(F)c(F)c(F)c(F)c2F)C(=B[Si](c2ccccc2)c2ccccc2)C=C1c1c(F)c(F)c(F)c(F)c1F.[Zr+2].c1ccc2c(c1)[cH-]c1ccccc12. The van der Waals surface area contributed by atoms with Gasteiger partial charge in [-0.1, -0.05) is 50.2 Å². The number of fused-ring (bicyclic) bond motifs is 3. The van der Waals surface area contributed by atoms with Gasteiger partial charge in [0.1, 0.15) is 0 Å². The van der Waals surface area contributed by atoms with Crippen LogP contribution in [-0.4, -0.2) is 28.7 Å². The molecule has 0 unspecified atom stereocenters. The van der Waals surface area contributed by atoms with Crippen LogP contribution in [0.5, 0.6) is 0 Å². The molecule has 0 saturated carbocycles. The molecular formula is C53H42BF10Si2Zr. The van der Waals surface area contributed by atoms with Gasteiger partial charge in [0.25, 0.3) is 0 Å². The monoisotopic (exact) mass is 1030 g/mol. The van der Waals surface area contributed by atoms with E-state index in [9.17, 15) is 26.3 Å². The minimum atomic E-state index is -3.22. The standard InChI is InChI=1S/C32H20BF10Si2.C13H9.C8H13.Zr/c1-45(2,3)32-17(19-22(34)26(38)30(42)27(39)23(19)35)14-18(20(32)21-24(36)28(40)31(43)29(41)25(21)37)33-44(15-10-6-4-7-11-15)16-12-8-5-9-13-16;1-3-7-12-10(5-1)9-11-6-2-4-8-13(11)12;1-5-7(3)8(4)6-2;/h4-14H,1-3H3;1-9H;5H,1-4H3;/q;2*-1;+2. The van der Waals surface area contributed by atoms with Gasteiger partial charge in [-0.25, -0.2) is 11.1 Å². The molecule has 14 heteroatoms. The van der Waals surface area contributed by atoms with Crippen molar-refractivity contribution < 1.29 is 70.1 Å². The average molecular weight is 1030 g/mol. The molecule has 1 aliphatic rings. The summed E-state index contributed by atoms with van der Waals surface area (Å²) < 4.78 is 148. The molecule has 8 rings (SSSR count). The van der Waals surface area contributed by atoms with Gasteiger partial charge >= 0.3 is 281 Å². The second-order valence-electron chi connectivity index (χ2n) is 16.4. The molecule has 0 bridgehead atoms. The molecule has 67 heavy (non-hydrogen) atoms. The van der Waals surface area contributed by atoms with Crippen LogP contribution in [-0.2, 0) is 26.2 Å². The molecular weight excluding hydrogens is 985 g/mol. The van der Waals surface area contributed by atoms with Crippen LogP contribution in [0.25, 0.3) is 32.7 Å². The number of hydrogen-bond donors (Lipinski definition) is 0. The molecule has 1 aliphatic carbocycles. The van der Waals surface area contributed by atoms with E-state index in [0.717, 1.165) is 6.08 Å². The maximum atomic E-state index is 15.5. The number of hydrogen-bond acceptors (Lipinski definition) is 0. The summed E-state index contributed by atoms with van der Waals surface area (Å²) in [4.78, 5) is 0. The zero-order valence-electron chi connectivity index (χ0n) is 37.5. The molecule has 0 heterocycles. The van der Waals surface area contributed by atoms with Gasteiger partial charge in [-0.15, -0.1) is 53.6 Å². The van der Waals surface area contributed by atoms with Gasteiger partial charge in [0.15, 0.2) is 0 Å². The maximum absolute atomic E-state index is 15.5. The van der Waals surface area contributed by atoms with E-state index in [1.165, 1.54) is 58.8 Å². The third-order valence-corrected chi connectivity index (χ3v) is 15.7. The van der Waals surface area contributed by atoms with E-state index in [1.807, 2.05) is 13.8 Å². The van der Waals surface area contributed by atoms with Crippen LogP contribution in [0.4, 0.5) is 43.9 Å². The molecule has 0 atom stereocenters. The summed E-state index contributed by atoms with van der Waals surface area (Å²) in [6.45, 7) is 14.2. The van der Waals surface area contributed by atoms with E-state index in [0.29, 0.717) is 10.4 Å². The van der Waals surface area contributed by atoms with Crippen molar-refractivity contribution >= 4 is 71.8 Å². The minimum Gasteiger partial charge on any atom is -0.126 e. The maximum Gasteiger partial charge on any atom is 2.00 e.